The van der Waals surface area contributed by atoms with Gasteiger partial charge < -0.3 is 0 Å². The molecule has 2 rings (SSSR count). The molecule has 1 aromatic rings. The summed E-state index contributed by atoms with van der Waals surface area (Å²) in [5, 5.41) is 0.454. The van der Waals surface area contributed by atoms with Gasteiger partial charge in [-0.1, -0.05) is 30.3 Å². The van der Waals surface area contributed by atoms with Gasteiger partial charge in [-0.15, -0.1) is 11.6 Å². The minimum Gasteiger partial charge on any atom is -0.123 e. The third-order valence-corrected chi connectivity index (χ3v) is 2.71. The van der Waals surface area contributed by atoms with Crippen molar-refractivity contribution in [3.63, 3.8) is 0 Å². The van der Waals surface area contributed by atoms with Crippen molar-refractivity contribution in [2.75, 3.05) is 0 Å². The monoisotopic (exact) mass is 166 g/mol. The summed E-state index contributed by atoms with van der Waals surface area (Å²) in [6.07, 6.45) is 2.37. The van der Waals surface area contributed by atoms with Gasteiger partial charge in [0.25, 0.3) is 0 Å². The van der Waals surface area contributed by atoms with Crippen LogP contribution in [-0.2, 0) is 6.42 Å². The van der Waals surface area contributed by atoms with Crippen LogP contribution >= 0.6 is 11.6 Å². The molecule has 1 aliphatic rings. The van der Waals surface area contributed by atoms with Crippen molar-refractivity contribution in [1.29, 1.82) is 0 Å². The van der Waals surface area contributed by atoms with Crippen LogP contribution in [0.25, 0.3) is 0 Å². The molecule has 11 heavy (non-hydrogen) atoms. The van der Waals surface area contributed by atoms with E-state index in [1.54, 1.807) is 0 Å². The minimum atomic E-state index is 0.454. The first-order chi connectivity index (χ1) is 5.36. The number of rotatable bonds is 2. The zero-order chi connectivity index (χ0) is 7.68. The fourth-order valence-corrected chi connectivity index (χ4v) is 1.66. The van der Waals surface area contributed by atoms with E-state index in [0.717, 1.165) is 12.3 Å². The van der Waals surface area contributed by atoms with Crippen molar-refractivity contribution >= 4 is 11.6 Å². The van der Waals surface area contributed by atoms with Crippen LogP contribution in [0.2, 0.25) is 0 Å². The van der Waals surface area contributed by atoms with Crippen LogP contribution < -0.4 is 0 Å². The van der Waals surface area contributed by atoms with Gasteiger partial charge in [-0.3, -0.25) is 0 Å². The first-order valence-electron chi connectivity index (χ1n) is 4.04. The molecule has 0 aliphatic heterocycles. The van der Waals surface area contributed by atoms with E-state index >= 15 is 0 Å². The molecule has 0 spiro atoms. The zero-order valence-electron chi connectivity index (χ0n) is 6.33. The zero-order valence-corrected chi connectivity index (χ0v) is 7.09. The molecule has 1 heteroatoms. The first-order valence-corrected chi connectivity index (χ1v) is 4.48. The van der Waals surface area contributed by atoms with E-state index in [9.17, 15) is 0 Å². The second kappa shape index (κ2) is 2.86. The van der Waals surface area contributed by atoms with Gasteiger partial charge in [-0.05, 0) is 24.3 Å². The molecule has 1 aliphatic carbocycles. The van der Waals surface area contributed by atoms with Crippen molar-refractivity contribution in [3.8, 4) is 0 Å². The molecule has 0 heterocycles. The first kappa shape index (κ1) is 7.17. The normalized spacial score (nSPS) is 28.5. The molecule has 58 valence electrons. The molecule has 1 fully saturated rings. The van der Waals surface area contributed by atoms with Gasteiger partial charge in [0.15, 0.2) is 0 Å². The molecular formula is C10H11Cl. The Morgan fingerprint density at radius 2 is 1.91 bits per heavy atom. The SMILES string of the molecule is ClC1CC1Cc1ccccc1. The Bertz CT molecular complexity index is 230. The molecule has 0 amide bonds. The third kappa shape index (κ3) is 1.75. The maximum Gasteiger partial charge on any atom is 0.0371 e. The Morgan fingerprint density at radius 3 is 2.45 bits per heavy atom. The summed E-state index contributed by atoms with van der Waals surface area (Å²) in [4.78, 5) is 0. The lowest BCUT2D eigenvalue weighted by Crippen LogP contribution is -1.87. The smallest absolute Gasteiger partial charge is 0.0371 e. The Balaban J connectivity index is 1.97. The van der Waals surface area contributed by atoms with Gasteiger partial charge in [0.1, 0.15) is 0 Å². The predicted octanol–water partition coefficient (Wildman–Crippen LogP) is 2.86. The van der Waals surface area contributed by atoms with Crippen LogP contribution in [-0.4, -0.2) is 5.38 Å². The molecule has 0 bridgehead atoms. The lowest BCUT2D eigenvalue weighted by Gasteiger charge is -1.96. The predicted molar refractivity (Wildman–Crippen MR) is 47.9 cm³/mol. The van der Waals surface area contributed by atoms with Crippen LogP contribution in [0.1, 0.15) is 12.0 Å². The fourth-order valence-electron chi connectivity index (χ4n) is 1.34. The Labute approximate surface area is 72.2 Å². The quantitative estimate of drug-likeness (QED) is 0.593. The molecule has 0 nitrogen and oxygen atoms in total. The van der Waals surface area contributed by atoms with Crippen molar-refractivity contribution < 1.29 is 0 Å². The van der Waals surface area contributed by atoms with E-state index in [4.69, 9.17) is 11.6 Å². The molecule has 2 unspecified atom stereocenters. The number of hydrogen-bond donors (Lipinski definition) is 0. The Hall–Kier alpha value is -0.490. The number of hydrogen-bond acceptors (Lipinski definition) is 0. The van der Waals surface area contributed by atoms with Gasteiger partial charge in [0.05, 0.1) is 0 Å². The topological polar surface area (TPSA) is 0 Å². The third-order valence-electron chi connectivity index (χ3n) is 2.18. The molecule has 0 N–H and O–H groups in total. The van der Waals surface area contributed by atoms with E-state index in [1.165, 1.54) is 12.0 Å². The van der Waals surface area contributed by atoms with Gasteiger partial charge in [-0.2, -0.15) is 0 Å². The number of alkyl halides is 1. The maximum atomic E-state index is 5.90. The van der Waals surface area contributed by atoms with E-state index < -0.39 is 0 Å². The van der Waals surface area contributed by atoms with Crippen molar-refractivity contribution in [2.45, 2.75) is 18.2 Å². The van der Waals surface area contributed by atoms with Gasteiger partial charge in [-0.25, -0.2) is 0 Å². The molecule has 1 aromatic carbocycles. The van der Waals surface area contributed by atoms with Crippen LogP contribution in [0.3, 0.4) is 0 Å². The summed E-state index contributed by atoms with van der Waals surface area (Å²) in [7, 11) is 0. The summed E-state index contributed by atoms with van der Waals surface area (Å²) < 4.78 is 0. The second-order valence-electron chi connectivity index (χ2n) is 3.20. The lowest BCUT2D eigenvalue weighted by atomic mass is 10.1. The molecule has 0 aromatic heterocycles. The van der Waals surface area contributed by atoms with E-state index in [0.29, 0.717) is 5.38 Å². The van der Waals surface area contributed by atoms with Gasteiger partial charge in [0, 0.05) is 5.38 Å². The van der Waals surface area contributed by atoms with Crippen molar-refractivity contribution in [3.05, 3.63) is 35.9 Å². The highest BCUT2D eigenvalue weighted by molar-refractivity contribution is 6.22. The standard InChI is InChI=1S/C10H11Cl/c11-10-7-9(10)6-8-4-2-1-3-5-8/h1-5,9-10H,6-7H2. The lowest BCUT2D eigenvalue weighted by molar-refractivity contribution is 0.834. The van der Waals surface area contributed by atoms with E-state index in [-0.39, 0.29) is 0 Å². The van der Waals surface area contributed by atoms with Crippen LogP contribution in [0, 0.1) is 5.92 Å². The summed E-state index contributed by atoms with van der Waals surface area (Å²) in [6, 6.07) is 10.6. The molecule has 1 saturated carbocycles. The second-order valence-corrected chi connectivity index (χ2v) is 3.76. The van der Waals surface area contributed by atoms with E-state index in [2.05, 4.69) is 30.3 Å². The van der Waals surface area contributed by atoms with Gasteiger partial charge >= 0.3 is 0 Å². The Kier molecular flexibility index (Phi) is 1.87. The molecule has 2 atom stereocenters. The molecular weight excluding hydrogens is 156 g/mol. The van der Waals surface area contributed by atoms with E-state index in [1.807, 2.05) is 0 Å². The van der Waals surface area contributed by atoms with Crippen molar-refractivity contribution in [1.82, 2.24) is 0 Å². The average Bonchev–Trinajstić information content (AvgIpc) is 2.69. The number of benzene rings is 1. The fraction of sp³-hybridized carbons (Fsp3) is 0.400. The largest absolute Gasteiger partial charge is 0.123 e. The summed E-state index contributed by atoms with van der Waals surface area (Å²) >= 11 is 5.90. The molecule has 0 radical (unpaired) electrons. The minimum absolute atomic E-state index is 0.454. The highest BCUT2D eigenvalue weighted by atomic mass is 35.5. The maximum absolute atomic E-state index is 5.90. The highest BCUT2D eigenvalue weighted by Crippen LogP contribution is 2.38. The number of halogens is 1. The van der Waals surface area contributed by atoms with Gasteiger partial charge in [0.2, 0.25) is 0 Å². The average molecular weight is 167 g/mol. The molecule has 0 saturated heterocycles. The summed E-state index contributed by atoms with van der Waals surface area (Å²) in [5.41, 5.74) is 1.42. The summed E-state index contributed by atoms with van der Waals surface area (Å²) in [6.45, 7) is 0. The van der Waals surface area contributed by atoms with Crippen LogP contribution in [0.5, 0.6) is 0 Å². The van der Waals surface area contributed by atoms with Crippen molar-refractivity contribution in [2.24, 2.45) is 5.92 Å². The highest BCUT2D eigenvalue weighted by Gasteiger charge is 2.34. The van der Waals surface area contributed by atoms with Crippen LogP contribution in [0.4, 0.5) is 0 Å². The van der Waals surface area contributed by atoms with Crippen LogP contribution in [0.15, 0.2) is 30.3 Å². The Morgan fingerprint density at radius 1 is 1.27 bits per heavy atom. The summed E-state index contributed by atoms with van der Waals surface area (Å²) in [5.74, 6) is 0.749.